The Hall–Kier alpha value is -1.10. The molecule has 14 heavy (non-hydrogen) atoms. The van der Waals surface area contributed by atoms with Crippen molar-refractivity contribution in [1.82, 2.24) is 4.98 Å². The van der Waals surface area contributed by atoms with Gasteiger partial charge in [-0.05, 0) is 12.1 Å². The van der Waals surface area contributed by atoms with Crippen LogP contribution in [-0.4, -0.2) is 30.3 Å². The van der Waals surface area contributed by atoms with Crippen LogP contribution in [0.3, 0.4) is 0 Å². The van der Waals surface area contributed by atoms with Crippen LogP contribution in [0.1, 0.15) is 0 Å². The number of carbonyl (C=O) groups excluding carboxylic acids is 1. The van der Waals surface area contributed by atoms with E-state index in [2.05, 4.69) is 26.2 Å². The molecule has 0 bridgehead atoms. The van der Waals surface area contributed by atoms with Crippen molar-refractivity contribution in [2.45, 2.75) is 0 Å². The Bertz CT molecular complexity index is 328. The molecule has 0 saturated heterocycles. The maximum atomic E-state index is 11.2. The van der Waals surface area contributed by atoms with Gasteiger partial charge >= 0.3 is 0 Å². The Kier molecular flexibility index (Phi) is 3.88. The molecule has 0 saturated carbocycles. The second-order valence-corrected chi connectivity index (χ2v) is 3.51. The summed E-state index contributed by atoms with van der Waals surface area (Å²) in [5.74, 6) is 0.669. The number of anilines is 2. The number of hydrogen-bond donors (Lipinski definition) is 1. The first-order valence-electron chi connectivity index (χ1n) is 4.13. The predicted octanol–water partition coefficient (Wildman–Crippen LogP) is 1.48. The minimum atomic E-state index is -0.0823. The molecule has 0 aliphatic carbocycles. The van der Waals surface area contributed by atoms with E-state index in [4.69, 9.17) is 0 Å². The Morgan fingerprint density at radius 1 is 1.64 bits per heavy atom. The first-order chi connectivity index (χ1) is 6.65. The van der Waals surface area contributed by atoms with E-state index >= 15 is 0 Å². The molecule has 0 atom stereocenters. The summed E-state index contributed by atoms with van der Waals surface area (Å²) in [6, 6.07) is 3.61. The molecule has 1 aromatic heterocycles. The van der Waals surface area contributed by atoms with Gasteiger partial charge in [0, 0.05) is 20.3 Å². The summed E-state index contributed by atoms with van der Waals surface area (Å²) in [6.07, 6.45) is 1.69. The second kappa shape index (κ2) is 4.95. The SMILES string of the molecule is CN(C)c1ncccc1NC(=O)CBr. The highest BCUT2D eigenvalue weighted by atomic mass is 79.9. The summed E-state index contributed by atoms with van der Waals surface area (Å²) >= 11 is 3.09. The fraction of sp³-hybridized carbons (Fsp3) is 0.333. The quantitative estimate of drug-likeness (QED) is 0.835. The molecular weight excluding hydrogens is 246 g/mol. The van der Waals surface area contributed by atoms with E-state index in [-0.39, 0.29) is 11.2 Å². The van der Waals surface area contributed by atoms with Gasteiger partial charge in [-0.1, -0.05) is 15.9 Å². The maximum Gasteiger partial charge on any atom is 0.235 e. The lowest BCUT2D eigenvalue weighted by Crippen LogP contribution is -2.18. The Balaban J connectivity index is 2.90. The van der Waals surface area contributed by atoms with Gasteiger partial charge in [-0.25, -0.2) is 4.98 Å². The fourth-order valence-corrected chi connectivity index (χ4v) is 1.17. The number of aromatic nitrogens is 1. The summed E-state index contributed by atoms with van der Waals surface area (Å²) in [5.41, 5.74) is 0.724. The zero-order valence-electron chi connectivity index (χ0n) is 8.12. The molecule has 0 radical (unpaired) electrons. The second-order valence-electron chi connectivity index (χ2n) is 2.95. The fourth-order valence-electron chi connectivity index (χ4n) is 1.03. The average Bonchev–Trinajstić information content (AvgIpc) is 2.18. The third-order valence-electron chi connectivity index (χ3n) is 1.61. The first kappa shape index (κ1) is 11.0. The van der Waals surface area contributed by atoms with Crippen LogP contribution in [0.2, 0.25) is 0 Å². The number of hydrogen-bond acceptors (Lipinski definition) is 3. The molecule has 4 nitrogen and oxygen atoms in total. The van der Waals surface area contributed by atoms with Crippen molar-refractivity contribution < 1.29 is 4.79 Å². The third kappa shape index (κ3) is 2.70. The van der Waals surface area contributed by atoms with Crippen molar-refractivity contribution >= 4 is 33.3 Å². The average molecular weight is 258 g/mol. The van der Waals surface area contributed by atoms with Gasteiger partial charge < -0.3 is 10.2 Å². The molecule has 0 spiro atoms. The highest BCUT2D eigenvalue weighted by Gasteiger charge is 2.07. The zero-order valence-corrected chi connectivity index (χ0v) is 9.71. The van der Waals surface area contributed by atoms with Crippen molar-refractivity contribution in [2.75, 3.05) is 29.6 Å². The van der Waals surface area contributed by atoms with Crippen molar-refractivity contribution in [1.29, 1.82) is 0 Å². The van der Waals surface area contributed by atoms with E-state index < -0.39 is 0 Å². The minimum absolute atomic E-state index is 0.0823. The smallest absolute Gasteiger partial charge is 0.235 e. The number of nitrogens with one attached hydrogen (secondary N) is 1. The van der Waals surface area contributed by atoms with Crippen LogP contribution >= 0.6 is 15.9 Å². The molecule has 0 aliphatic heterocycles. The van der Waals surface area contributed by atoms with Crippen LogP contribution in [0.5, 0.6) is 0 Å². The first-order valence-corrected chi connectivity index (χ1v) is 5.25. The molecule has 0 unspecified atom stereocenters. The Labute approximate surface area is 91.4 Å². The van der Waals surface area contributed by atoms with Crippen LogP contribution < -0.4 is 10.2 Å². The van der Waals surface area contributed by atoms with Crippen LogP contribution in [0.25, 0.3) is 0 Å². The van der Waals surface area contributed by atoms with Gasteiger partial charge in [-0.3, -0.25) is 4.79 Å². The van der Waals surface area contributed by atoms with Crippen LogP contribution in [0.4, 0.5) is 11.5 Å². The molecule has 76 valence electrons. The van der Waals surface area contributed by atoms with E-state index in [1.807, 2.05) is 25.1 Å². The third-order valence-corrected chi connectivity index (χ3v) is 2.12. The number of amides is 1. The van der Waals surface area contributed by atoms with Crippen LogP contribution in [0.15, 0.2) is 18.3 Å². The number of alkyl halides is 1. The van der Waals surface area contributed by atoms with E-state index in [9.17, 15) is 4.79 Å². The van der Waals surface area contributed by atoms with E-state index in [0.717, 1.165) is 11.5 Å². The number of nitrogens with zero attached hydrogens (tertiary/aromatic N) is 2. The lowest BCUT2D eigenvalue weighted by molar-refractivity contribution is -0.113. The number of carbonyl (C=O) groups is 1. The van der Waals surface area contributed by atoms with Gasteiger partial charge in [0.25, 0.3) is 0 Å². The van der Waals surface area contributed by atoms with Crippen molar-refractivity contribution in [3.05, 3.63) is 18.3 Å². The maximum absolute atomic E-state index is 11.2. The van der Waals surface area contributed by atoms with Gasteiger partial charge in [0.15, 0.2) is 5.82 Å². The number of halogens is 1. The van der Waals surface area contributed by atoms with Gasteiger partial charge in [0.05, 0.1) is 11.0 Å². The normalized spacial score (nSPS) is 9.64. The van der Waals surface area contributed by atoms with Gasteiger partial charge in [-0.2, -0.15) is 0 Å². The van der Waals surface area contributed by atoms with Gasteiger partial charge in [-0.15, -0.1) is 0 Å². The van der Waals surface area contributed by atoms with Crippen molar-refractivity contribution in [3.63, 3.8) is 0 Å². The van der Waals surface area contributed by atoms with E-state index in [0.29, 0.717) is 0 Å². The Morgan fingerprint density at radius 3 is 2.93 bits per heavy atom. The van der Waals surface area contributed by atoms with Crippen LogP contribution in [-0.2, 0) is 4.79 Å². The van der Waals surface area contributed by atoms with Crippen LogP contribution in [0, 0.1) is 0 Å². The molecule has 1 N–H and O–H groups in total. The lowest BCUT2D eigenvalue weighted by Gasteiger charge is -2.15. The largest absolute Gasteiger partial charge is 0.361 e. The summed E-state index contributed by atoms with van der Waals surface area (Å²) in [6.45, 7) is 0. The molecular formula is C9H12BrN3O. The summed E-state index contributed by atoms with van der Waals surface area (Å²) in [5, 5.41) is 3.04. The van der Waals surface area contributed by atoms with Gasteiger partial charge in [0.1, 0.15) is 0 Å². The lowest BCUT2D eigenvalue weighted by atomic mass is 10.3. The summed E-state index contributed by atoms with van der Waals surface area (Å²) in [7, 11) is 3.76. The number of rotatable bonds is 3. The summed E-state index contributed by atoms with van der Waals surface area (Å²) in [4.78, 5) is 17.2. The molecule has 0 aromatic carbocycles. The molecule has 0 fully saturated rings. The topological polar surface area (TPSA) is 45.2 Å². The molecule has 5 heteroatoms. The highest BCUT2D eigenvalue weighted by molar-refractivity contribution is 9.09. The van der Waals surface area contributed by atoms with Crippen molar-refractivity contribution in [2.24, 2.45) is 0 Å². The number of pyridine rings is 1. The predicted molar refractivity (Wildman–Crippen MR) is 61.0 cm³/mol. The standard InChI is InChI=1S/C9H12BrN3O/c1-13(2)9-7(4-3-5-11-9)12-8(14)6-10/h3-5H,6H2,1-2H3,(H,12,14). The molecule has 1 amide bonds. The Morgan fingerprint density at radius 2 is 2.36 bits per heavy atom. The molecule has 1 aromatic rings. The molecule has 1 rings (SSSR count). The monoisotopic (exact) mass is 257 g/mol. The van der Waals surface area contributed by atoms with E-state index in [1.54, 1.807) is 12.3 Å². The minimum Gasteiger partial charge on any atom is -0.361 e. The van der Waals surface area contributed by atoms with E-state index in [1.165, 1.54) is 0 Å². The highest BCUT2D eigenvalue weighted by Crippen LogP contribution is 2.19. The van der Waals surface area contributed by atoms with Gasteiger partial charge in [0.2, 0.25) is 5.91 Å². The summed E-state index contributed by atoms with van der Waals surface area (Å²) < 4.78 is 0. The zero-order chi connectivity index (χ0) is 10.6. The van der Waals surface area contributed by atoms with Crippen molar-refractivity contribution in [3.8, 4) is 0 Å². The molecule has 0 aliphatic rings. The molecule has 1 heterocycles.